The lowest BCUT2D eigenvalue weighted by Crippen LogP contribution is -2.39. The third-order valence-corrected chi connectivity index (χ3v) is 4.49. The molecule has 116 valence electrons. The van der Waals surface area contributed by atoms with Crippen LogP contribution in [0.5, 0.6) is 5.75 Å². The molecule has 0 radical (unpaired) electrons. The van der Waals surface area contributed by atoms with Crippen LogP contribution in [0.15, 0.2) is 22.7 Å². The van der Waals surface area contributed by atoms with E-state index in [2.05, 4.69) is 21.2 Å². The lowest BCUT2D eigenvalue weighted by molar-refractivity contribution is -0.137. The molecule has 1 N–H and O–H groups in total. The fourth-order valence-corrected chi connectivity index (χ4v) is 3.33. The van der Waals surface area contributed by atoms with Gasteiger partial charge < -0.3 is 15.0 Å². The largest absolute Gasteiger partial charge is 0.480 e. The second-order valence-corrected chi connectivity index (χ2v) is 6.62. The molecule has 1 aliphatic heterocycles. The number of nitrogens with zero attached hydrogens (tertiary/aromatic N) is 1. The smallest absolute Gasteiger partial charge is 0.263 e. The van der Waals surface area contributed by atoms with Gasteiger partial charge >= 0.3 is 0 Å². The van der Waals surface area contributed by atoms with Gasteiger partial charge in [0.05, 0.1) is 4.47 Å². The van der Waals surface area contributed by atoms with Crippen LogP contribution in [0.2, 0.25) is 5.02 Å². The van der Waals surface area contributed by atoms with Crippen molar-refractivity contribution in [3.05, 3.63) is 27.7 Å². The van der Waals surface area contributed by atoms with Crippen molar-refractivity contribution in [2.75, 3.05) is 26.7 Å². The van der Waals surface area contributed by atoms with Crippen molar-refractivity contribution in [1.82, 2.24) is 10.2 Å². The predicted octanol–water partition coefficient (Wildman–Crippen LogP) is 2.94. The van der Waals surface area contributed by atoms with Gasteiger partial charge in [0.1, 0.15) is 5.75 Å². The second kappa shape index (κ2) is 7.47. The molecule has 1 aliphatic rings. The van der Waals surface area contributed by atoms with Crippen molar-refractivity contribution in [3.8, 4) is 5.75 Å². The Balaban J connectivity index is 1.94. The number of carbonyl (C=O) groups excluding carboxylic acids is 1. The second-order valence-electron chi connectivity index (χ2n) is 5.33. The molecule has 1 heterocycles. The molecule has 2 rings (SSSR count). The lowest BCUT2D eigenvalue weighted by Gasteiger charge is -2.22. The maximum atomic E-state index is 12.4. The highest BCUT2D eigenvalue weighted by molar-refractivity contribution is 9.10. The Kier molecular flexibility index (Phi) is 5.90. The van der Waals surface area contributed by atoms with Crippen LogP contribution in [0.3, 0.4) is 0 Å². The van der Waals surface area contributed by atoms with Gasteiger partial charge in [-0.1, -0.05) is 11.6 Å². The molecule has 0 aromatic heterocycles. The zero-order chi connectivity index (χ0) is 15.4. The highest BCUT2D eigenvalue weighted by Crippen LogP contribution is 2.29. The minimum absolute atomic E-state index is 0.0375. The van der Waals surface area contributed by atoms with E-state index in [9.17, 15) is 4.79 Å². The Morgan fingerprint density at radius 1 is 1.62 bits per heavy atom. The predicted molar refractivity (Wildman–Crippen MR) is 87.9 cm³/mol. The van der Waals surface area contributed by atoms with Crippen LogP contribution < -0.4 is 10.1 Å². The van der Waals surface area contributed by atoms with Crippen LogP contribution in [0.4, 0.5) is 0 Å². The molecule has 4 nitrogen and oxygen atoms in total. The van der Waals surface area contributed by atoms with Crippen molar-refractivity contribution >= 4 is 33.4 Å². The van der Waals surface area contributed by atoms with Gasteiger partial charge in [-0.25, -0.2) is 0 Å². The van der Waals surface area contributed by atoms with Gasteiger partial charge in [0, 0.05) is 18.1 Å². The molecule has 0 unspecified atom stereocenters. The lowest BCUT2D eigenvalue weighted by atomic mass is 10.1. The van der Waals surface area contributed by atoms with Crippen LogP contribution in [0.25, 0.3) is 0 Å². The molecule has 6 heteroatoms. The maximum Gasteiger partial charge on any atom is 0.263 e. The Labute approximate surface area is 138 Å². The number of hydrogen-bond donors (Lipinski definition) is 1. The van der Waals surface area contributed by atoms with E-state index in [1.165, 1.54) is 0 Å². The highest BCUT2D eigenvalue weighted by Gasteiger charge is 2.29. The van der Waals surface area contributed by atoms with Gasteiger partial charge in [0.15, 0.2) is 6.10 Å². The summed E-state index contributed by atoms with van der Waals surface area (Å²) < 4.78 is 6.51. The Hall–Kier alpha value is -0.780. The number of carbonyl (C=O) groups is 1. The van der Waals surface area contributed by atoms with E-state index in [0.717, 1.165) is 30.5 Å². The molecule has 0 spiro atoms. The molecule has 0 saturated carbocycles. The molecule has 1 aromatic carbocycles. The van der Waals surface area contributed by atoms with Crippen molar-refractivity contribution in [3.63, 3.8) is 0 Å². The van der Waals surface area contributed by atoms with Crippen molar-refractivity contribution in [1.29, 1.82) is 0 Å². The van der Waals surface area contributed by atoms with Gasteiger partial charge in [-0.15, -0.1) is 0 Å². The van der Waals surface area contributed by atoms with E-state index in [4.69, 9.17) is 16.3 Å². The summed E-state index contributed by atoms with van der Waals surface area (Å²) in [5.41, 5.74) is 0. The zero-order valence-corrected chi connectivity index (χ0v) is 14.6. The van der Waals surface area contributed by atoms with Crippen molar-refractivity contribution in [2.24, 2.45) is 5.92 Å². The molecule has 1 fully saturated rings. The number of rotatable bonds is 5. The monoisotopic (exact) mass is 374 g/mol. The van der Waals surface area contributed by atoms with Gasteiger partial charge in [-0.2, -0.15) is 0 Å². The van der Waals surface area contributed by atoms with Gasteiger partial charge in [-0.05, 0) is 67.0 Å². The summed E-state index contributed by atoms with van der Waals surface area (Å²) in [6.45, 7) is 4.34. The van der Waals surface area contributed by atoms with Gasteiger partial charge in [0.25, 0.3) is 5.91 Å². The number of amides is 1. The van der Waals surface area contributed by atoms with E-state index in [-0.39, 0.29) is 5.91 Å². The van der Waals surface area contributed by atoms with E-state index >= 15 is 0 Å². The molecule has 21 heavy (non-hydrogen) atoms. The zero-order valence-electron chi connectivity index (χ0n) is 12.2. The molecule has 0 bridgehead atoms. The average molecular weight is 376 g/mol. The summed E-state index contributed by atoms with van der Waals surface area (Å²) in [6.07, 6.45) is 0.542. The number of nitrogens with one attached hydrogen (secondary N) is 1. The van der Waals surface area contributed by atoms with Crippen LogP contribution in [0.1, 0.15) is 13.3 Å². The molecule has 1 saturated heterocycles. The molecule has 1 aromatic rings. The van der Waals surface area contributed by atoms with E-state index < -0.39 is 6.10 Å². The third kappa shape index (κ3) is 4.34. The maximum absolute atomic E-state index is 12.4. The summed E-state index contributed by atoms with van der Waals surface area (Å²) in [6, 6.07) is 5.27. The van der Waals surface area contributed by atoms with Crippen LogP contribution in [-0.2, 0) is 4.79 Å². The van der Waals surface area contributed by atoms with Crippen LogP contribution >= 0.6 is 27.5 Å². The van der Waals surface area contributed by atoms with Gasteiger partial charge in [0.2, 0.25) is 0 Å². The molecule has 1 amide bonds. The van der Waals surface area contributed by atoms with E-state index in [1.54, 1.807) is 25.1 Å². The first kappa shape index (κ1) is 16.6. The van der Waals surface area contributed by atoms with E-state index in [0.29, 0.717) is 16.7 Å². The summed E-state index contributed by atoms with van der Waals surface area (Å²) in [5.74, 6) is 1.20. The molecule has 2 atom stereocenters. The first-order valence-electron chi connectivity index (χ1n) is 7.06. The number of halogens is 2. The van der Waals surface area contributed by atoms with Crippen molar-refractivity contribution in [2.45, 2.75) is 19.4 Å². The van der Waals surface area contributed by atoms with Gasteiger partial charge in [-0.3, -0.25) is 4.79 Å². The summed E-state index contributed by atoms with van der Waals surface area (Å²) in [5, 5.41) is 3.79. The summed E-state index contributed by atoms with van der Waals surface area (Å²) in [4.78, 5) is 14.3. The summed E-state index contributed by atoms with van der Waals surface area (Å²) >= 11 is 9.29. The quantitative estimate of drug-likeness (QED) is 0.860. The first-order valence-corrected chi connectivity index (χ1v) is 8.23. The Morgan fingerprint density at radius 2 is 2.38 bits per heavy atom. The fraction of sp³-hybridized carbons (Fsp3) is 0.533. The molecular weight excluding hydrogens is 356 g/mol. The molecule has 0 aliphatic carbocycles. The van der Waals surface area contributed by atoms with E-state index in [1.807, 2.05) is 11.9 Å². The van der Waals surface area contributed by atoms with Crippen molar-refractivity contribution < 1.29 is 9.53 Å². The normalized spacial score (nSPS) is 19.6. The van der Waals surface area contributed by atoms with Crippen LogP contribution in [-0.4, -0.2) is 43.6 Å². The number of likely N-dealkylation sites (tertiary alicyclic amines) is 1. The number of ether oxygens (including phenoxy) is 1. The number of benzene rings is 1. The number of hydrogen-bond acceptors (Lipinski definition) is 3. The third-order valence-electron chi connectivity index (χ3n) is 3.64. The standard InChI is InChI=1S/C15H20BrClN2O2/c1-10(21-14-4-3-12(17)7-13(14)16)15(20)19-6-5-11(9-19)8-18-2/h3-4,7,10-11,18H,5-6,8-9H2,1-2H3/t10-,11-/m1/s1. The Morgan fingerprint density at radius 3 is 3.05 bits per heavy atom. The average Bonchev–Trinajstić information content (AvgIpc) is 2.90. The minimum atomic E-state index is -0.504. The SMILES string of the molecule is CNC[C@H]1CCN(C(=O)[C@@H](C)Oc2ccc(Cl)cc2Br)C1. The molecular formula is C15H20BrClN2O2. The summed E-state index contributed by atoms with van der Waals surface area (Å²) in [7, 11) is 1.94. The Bertz CT molecular complexity index is 512. The minimum Gasteiger partial charge on any atom is -0.480 e. The fourth-order valence-electron chi connectivity index (χ4n) is 2.56. The first-order chi connectivity index (χ1) is 10.0. The highest BCUT2D eigenvalue weighted by atomic mass is 79.9. The van der Waals surface area contributed by atoms with Crippen LogP contribution in [0, 0.1) is 5.92 Å². The topological polar surface area (TPSA) is 41.6 Å².